The minimum atomic E-state index is 0.712. The fraction of sp³-hybridized carbons (Fsp3) is 1.00. The Morgan fingerprint density at radius 3 is 2.61 bits per heavy atom. The lowest BCUT2D eigenvalue weighted by Crippen LogP contribution is -2.45. The number of likely N-dealkylation sites (N-methyl/N-ethyl adjacent to an activating group) is 1. The van der Waals surface area contributed by atoms with E-state index in [9.17, 15) is 0 Å². The van der Waals surface area contributed by atoms with Crippen LogP contribution < -0.4 is 5.32 Å². The van der Waals surface area contributed by atoms with Crippen LogP contribution in [0.2, 0.25) is 0 Å². The summed E-state index contributed by atoms with van der Waals surface area (Å²) in [4.78, 5) is 2.54. The highest BCUT2D eigenvalue weighted by molar-refractivity contribution is 4.85. The third-order valence-electron chi connectivity index (χ3n) is 4.59. The number of ether oxygens (including phenoxy) is 1. The van der Waals surface area contributed by atoms with E-state index in [-0.39, 0.29) is 0 Å². The Hall–Kier alpha value is -0.120. The molecule has 3 atom stereocenters. The van der Waals surface area contributed by atoms with Crippen molar-refractivity contribution in [1.29, 1.82) is 0 Å². The molecule has 0 aromatic carbocycles. The van der Waals surface area contributed by atoms with Crippen LogP contribution in [0.15, 0.2) is 0 Å². The number of nitrogens with zero attached hydrogens (tertiary/aromatic N) is 1. The van der Waals surface area contributed by atoms with Crippen molar-refractivity contribution >= 4 is 0 Å². The second-order valence-corrected chi connectivity index (χ2v) is 5.63. The van der Waals surface area contributed by atoms with Crippen molar-refractivity contribution < 1.29 is 4.74 Å². The second kappa shape index (κ2) is 8.89. The first-order valence-corrected chi connectivity index (χ1v) is 7.63. The lowest BCUT2D eigenvalue weighted by atomic mass is 9.76. The van der Waals surface area contributed by atoms with Gasteiger partial charge in [-0.15, -0.1) is 0 Å². The van der Waals surface area contributed by atoms with Gasteiger partial charge >= 0.3 is 0 Å². The Labute approximate surface area is 113 Å². The van der Waals surface area contributed by atoms with Crippen molar-refractivity contribution in [3.63, 3.8) is 0 Å². The third-order valence-corrected chi connectivity index (χ3v) is 4.59. The van der Waals surface area contributed by atoms with Crippen LogP contribution in [0, 0.1) is 11.8 Å². The zero-order valence-electron chi connectivity index (χ0n) is 12.7. The predicted molar refractivity (Wildman–Crippen MR) is 78.0 cm³/mol. The summed E-state index contributed by atoms with van der Waals surface area (Å²) in [5, 5.41) is 3.53. The smallest absolute Gasteiger partial charge is 0.0589 e. The predicted octanol–water partition coefficient (Wildman–Crippen LogP) is 2.37. The van der Waals surface area contributed by atoms with E-state index < -0.39 is 0 Å². The Balaban J connectivity index is 2.47. The lowest BCUT2D eigenvalue weighted by molar-refractivity contribution is 0.111. The van der Waals surface area contributed by atoms with Crippen LogP contribution in [0.1, 0.15) is 39.5 Å². The summed E-state index contributed by atoms with van der Waals surface area (Å²) in [7, 11) is 3.91. The molecule has 1 saturated carbocycles. The van der Waals surface area contributed by atoms with Gasteiger partial charge in [0.15, 0.2) is 0 Å². The van der Waals surface area contributed by atoms with E-state index in [1.165, 1.54) is 32.2 Å². The van der Waals surface area contributed by atoms with E-state index in [0.717, 1.165) is 31.5 Å². The molecular formula is C15H32N2O. The van der Waals surface area contributed by atoms with Gasteiger partial charge in [0.25, 0.3) is 0 Å². The van der Waals surface area contributed by atoms with E-state index in [1.54, 1.807) is 7.11 Å². The number of nitrogens with one attached hydrogen (secondary N) is 1. The molecular weight excluding hydrogens is 224 g/mol. The minimum absolute atomic E-state index is 0.712. The van der Waals surface area contributed by atoms with Crippen LogP contribution in [-0.4, -0.2) is 51.3 Å². The highest BCUT2D eigenvalue weighted by atomic mass is 16.5. The molecule has 1 fully saturated rings. The standard InChI is InChI=1S/C15H32N2O/c1-5-13-7-8-15(16-3)14(11-13)12-17(6-2)9-10-18-4/h13-16H,5-12H2,1-4H3. The highest BCUT2D eigenvalue weighted by Crippen LogP contribution is 2.31. The molecule has 18 heavy (non-hydrogen) atoms. The van der Waals surface area contributed by atoms with Crippen LogP contribution in [-0.2, 0) is 4.74 Å². The number of hydrogen-bond donors (Lipinski definition) is 1. The fourth-order valence-corrected chi connectivity index (χ4v) is 3.24. The van der Waals surface area contributed by atoms with E-state index in [1.807, 2.05) is 0 Å². The molecule has 0 saturated heterocycles. The van der Waals surface area contributed by atoms with E-state index in [4.69, 9.17) is 4.74 Å². The summed E-state index contributed by atoms with van der Waals surface area (Å²) in [5.41, 5.74) is 0. The molecule has 108 valence electrons. The number of rotatable bonds is 8. The molecule has 0 amide bonds. The summed E-state index contributed by atoms with van der Waals surface area (Å²) in [6.45, 7) is 8.86. The molecule has 0 aromatic heterocycles. The topological polar surface area (TPSA) is 24.5 Å². The number of hydrogen-bond acceptors (Lipinski definition) is 3. The van der Waals surface area contributed by atoms with Gasteiger partial charge in [0, 0.05) is 26.2 Å². The normalized spacial score (nSPS) is 28.8. The first-order valence-electron chi connectivity index (χ1n) is 7.63. The van der Waals surface area contributed by atoms with Crippen molar-refractivity contribution in [3.05, 3.63) is 0 Å². The first-order chi connectivity index (χ1) is 8.74. The SMILES string of the molecule is CCC1CCC(NC)C(CN(CC)CCOC)C1. The minimum Gasteiger partial charge on any atom is -0.383 e. The van der Waals surface area contributed by atoms with E-state index in [2.05, 4.69) is 31.1 Å². The summed E-state index contributed by atoms with van der Waals surface area (Å²) in [6, 6.07) is 0.712. The van der Waals surface area contributed by atoms with Gasteiger partial charge in [0.05, 0.1) is 6.61 Å². The largest absolute Gasteiger partial charge is 0.383 e. The van der Waals surface area contributed by atoms with Crippen LogP contribution in [0.5, 0.6) is 0 Å². The summed E-state index contributed by atoms with van der Waals surface area (Å²) >= 11 is 0. The molecule has 1 rings (SSSR count). The monoisotopic (exact) mass is 256 g/mol. The maximum Gasteiger partial charge on any atom is 0.0589 e. The van der Waals surface area contributed by atoms with Crippen molar-refractivity contribution in [3.8, 4) is 0 Å². The molecule has 0 bridgehead atoms. The molecule has 1 N–H and O–H groups in total. The molecule has 1 aliphatic carbocycles. The van der Waals surface area contributed by atoms with Gasteiger partial charge in [0.1, 0.15) is 0 Å². The Kier molecular flexibility index (Phi) is 7.87. The summed E-state index contributed by atoms with van der Waals surface area (Å²) in [6.07, 6.45) is 5.49. The average molecular weight is 256 g/mol. The maximum absolute atomic E-state index is 5.20. The van der Waals surface area contributed by atoms with Gasteiger partial charge < -0.3 is 15.0 Å². The van der Waals surface area contributed by atoms with E-state index in [0.29, 0.717) is 6.04 Å². The van der Waals surface area contributed by atoms with Gasteiger partial charge in [-0.3, -0.25) is 0 Å². The van der Waals surface area contributed by atoms with Gasteiger partial charge in [-0.2, -0.15) is 0 Å². The Morgan fingerprint density at radius 1 is 1.28 bits per heavy atom. The molecule has 1 aliphatic rings. The summed E-state index contributed by atoms with van der Waals surface area (Å²) in [5.74, 6) is 1.76. The van der Waals surface area contributed by atoms with Crippen LogP contribution >= 0.6 is 0 Å². The molecule has 0 heterocycles. The third kappa shape index (κ3) is 4.87. The molecule has 0 aliphatic heterocycles. The van der Waals surface area contributed by atoms with Crippen LogP contribution in [0.25, 0.3) is 0 Å². The van der Waals surface area contributed by atoms with Crippen molar-refractivity contribution in [2.24, 2.45) is 11.8 Å². The van der Waals surface area contributed by atoms with Crippen molar-refractivity contribution in [2.75, 3.05) is 40.4 Å². The van der Waals surface area contributed by atoms with Gasteiger partial charge in [-0.25, -0.2) is 0 Å². The fourth-order valence-electron chi connectivity index (χ4n) is 3.24. The zero-order valence-corrected chi connectivity index (χ0v) is 12.7. The quantitative estimate of drug-likeness (QED) is 0.721. The molecule has 0 aromatic rings. The molecule has 3 nitrogen and oxygen atoms in total. The second-order valence-electron chi connectivity index (χ2n) is 5.63. The summed E-state index contributed by atoms with van der Waals surface area (Å²) < 4.78 is 5.20. The van der Waals surface area contributed by atoms with Crippen LogP contribution in [0.3, 0.4) is 0 Å². The van der Waals surface area contributed by atoms with Gasteiger partial charge in [-0.05, 0) is 44.7 Å². The number of methoxy groups -OCH3 is 1. The molecule has 0 radical (unpaired) electrons. The average Bonchev–Trinajstić information content (AvgIpc) is 2.43. The van der Waals surface area contributed by atoms with Gasteiger partial charge in [-0.1, -0.05) is 20.3 Å². The highest BCUT2D eigenvalue weighted by Gasteiger charge is 2.29. The van der Waals surface area contributed by atoms with Crippen molar-refractivity contribution in [2.45, 2.75) is 45.6 Å². The maximum atomic E-state index is 5.20. The molecule has 3 heteroatoms. The lowest BCUT2D eigenvalue weighted by Gasteiger charge is -2.38. The Morgan fingerprint density at radius 2 is 2.06 bits per heavy atom. The zero-order chi connectivity index (χ0) is 13.4. The van der Waals surface area contributed by atoms with Crippen LogP contribution in [0.4, 0.5) is 0 Å². The Bertz CT molecular complexity index is 211. The first kappa shape index (κ1) is 15.9. The molecule has 0 spiro atoms. The van der Waals surface area contributed by atoms with E-state index >= 15 is 0 Å². The van der Waals surface area contributed by atoms with Gasteiger partial charge in [0.2, 0.25) is 0 Å². The molecule has 3 unspecified atom stereocenters. The van der Waals surface area contributed by atoms with Crippen molar-refractivity contribution in [1.82, 2.24) is 10.2 Å².